The van der Waals surface area contributed by atoms with E-state index in [1.165, 1.54) is 70.3 Å². The topological polar surface area (TPSA) is 6.48 Å². The number of benzene rings is 1. The molecular formula is C17H25ClN2. The van der Waals surface area contributed by atoms with E-state index in [2.05, 4.69) is 21.9 Å². The number of piperidine rings is 2. The maximum absolute atomic E-state index is 6.50. The van der Waals surface area contributed by atoms with Gasteiger partial charge in [-0.3, -0.25) is 9.80 Å². The lowest BCUT2D eigenvalue weighted by atomic mass is 10.0. The van der Waals surface area contributed by atoms with Crippen molar-refractivity contribution in [1.29, 1.82) is 0 Å². The van der Waals surface area contributed by atoms with Crippen molar-refractivity contribution in [3.63, 3.8) is 0 Å². The lowest BCUT2D eigenvalue weighted by Crippen LogP contribution is -2.46. The smallest absolute Gasteiger partial charge is 0.0900 e. The largest absolute Gasteiger partial charge is 0.284 e. The molecule has 0 aromatic heterocycles. The molecule has 3 heteroatoms. The van der Waals surface area contributed by atoms with Gasteiger partial charge in [-0.1, -0.05) is 42.6 Å². The molecule has 0 saturated carbocycles. The predicted octanol–water partition coefficient (Wildman–Crippen LogP) is 4.31. The van der Waals surface area contributed by atoms with Gasteiger partial charge in [0.15, 0.2) is 0 Å². The van der Waals surface area contributed by atoms with Gasteiger partial charge in [0.2, 0.25) is 0 Å². The number of hydrogen-bond acceptors (Lipinski definition) is 2. The van der Waals surface area contributed by atoms with Crippen LogP contribution < -0.4 is 0 Å². The van der Waals surface area contributed by atoms with E-state index in [-0.39, 0.29) is 0 Å². The quantitative estimate of drug-likeness (QED) is 0.819. The summed E-state index contributed by atoms with van der Waals surface area (Å²) in [7, 11) is 0. The molecule has 2 nitrogen and oxygen atoms in total. The van der Waals surface area contributed by atoms with Crippen molar-refractivity contribution in [1.82, 2.24) is 9.80 Å². The van der Waals surface area contributed by atoms with Gasteiger partial charge in [0.1, 0.15) is 0 Å². The van der Waals surface area contributed by atoms with E-state index in [4.69, 9.17) is 11.6 Å². The average Bonchev–Trinajstić information content (AvgIpc) is 2.52. The second kappa shape index (κ2) is 6.93. The van der Waals surface area contributed by atoms with Crippen molar-refractivity contribution in [3.8, 4) is 0 Å². The first-order valence-corrected chi connectivity index (χ1v) is 8.46. The highest BCUT2D eigenvalue weighted by molar-refractivity contribution is 6.31. The fourth-order valence-corrected chi connectivity index (χ4v) is 3.87. The van der Waals surface area contributed by atoms with Crippen LogP contribution in [0.1, 0.15) is 50.3 Å². The van der Waals surface area contributed by atoms with Crippen molar-refractivity contribution in [3.05, 3.63) is 34.9 Å². The monoisotopic (exact) mass is 292 g/mol. The Morgan fingerprint density at radius 1 is 0.750 bits per heavy atom. The Labute approximate surface area is 127 Å². The van der Waals surface area contributed by atoms with Crippen LogP contribution in [0.3, 0.4) is 0 Å². The zero-order valence-electron chi connectivity index (χ0n) is 12.2. The number of likely N-dealkylation sites (tertiary alicyclic amines) is 2. The molecule has 2 saturated heterocycles. The van der Waals surface area contributed by atoms with Crippen LogP contribution >= 0.6 is 11.6 Å². The SMILES string of the molecule is Clc1ccccc1C(N1CCCCC1)N1CCCCC1. The standard InChI is InChI=1S/C17H25ClN2/c18-16-10-4-3-9-15(16)17(19-11-5-1-6-12-19)20-13-7-2-8-14-20/h3-4,9-10,17H,1-2,5-8,11-14H2. The molecular weight excluding hydrogens is 268 g/mol. The Balaban J connectivity index is 1.87. The molecule has 2 aliphatic rings. The highest BCUT2D eigenvalue weighted by Gasteiger charge is 2.30. The Morgan fingerprint density at radius 2 is 1.25 bits per heavy atom. The van der Waals surface area contributed by atoms with Crippen LogP contribution in [-0.2, 0) is 0 Å². The number of hydrogen-bond donors (Lipinski definition) is 0. The first-order valence-electron chi connectivity index (χ1n) is 8.09. The summed E-state index contributed by atoms with van der Waals surface area (Å²) in [5.74, 6) is 0. The molecule has 20 heavy (non-hydrogen) atoms. The molecule has 0 atom stereocenters. The van der Waals surface area contributed by atoms with Crippen molar-refractivity contribution >= 4 is 11.6 Å². The third-order valence-electron chi connectivity index (χ3n) is 4.66. The summed E-state index contributed by atoms with van der Waals surface area (Å²) >= 11 is 6.50. The van der Waals surface area contributed by atoms with E-state index >= 15 is 0 Å². The lowest BCUT2D eigenvalue weighted by Gasteiger charge is -2.43. The van der Waals surface area contributed by atoms with Crippen molar-refractivity contribution in [2.45, 2.75) is 44.7 Å². The van der Waals surface area contributed by atoms with Crippen LogP contribution in [0.15, 0.2) is 24.3 Å². The summed E-state index contributed by atoms with van der Waals surface area (Å²) in [6.45, 7) is 4.86. The second-order valence-electron chi connectivity index (χ2n) is 6.09. The summed E-state index contributed by atoms with van der Waals surface area (Å²) in [6.07, 6.45) is 8.47. The van der Waals surface area contributed by atoms with E-state index in [1.807, 2.05) is 12.1 Å². The van der Waals surface area contributed by atoms with E-state index in [9.17, 15) is 0 Å². The Hall–Kier alpha value is -0.570. The predicted molar refractivity (Wildman–Crippen MR) is 85.0 cm³/mol. The molecule has 0 bridgehead atoms. The van der Waals surface area contributed by atoms with E-state index < -0.39 is 0 Å². The molecule has 2 aliphatic heterocycles. The molecule has 3 rings (SSSR count). The minimum atomic E-state index is 0.393. The van der Waals surface area contributed by atoms with Crippen LogP contribution in [-0.4, -0.2) is 36.0 Å². The van der Waals surface area contributed by atoms with Crippen LogP contribution in [0.25, 0.3) is 0 Å². The Bertz CT molecular complexity index is 405. The number of halogens is 1. The van der Waals surface area contributed by atoms with Crippen LogP contribution in [0, 0.1) is 0 Å². The Kier molecular flexibility index (Phi) is 4.98. The normalized spacial score (nSPS) is 22.3. The van der Waals surface area contributed by atoms with Gasteiger partial charge in [-0.2, -0.15) is 0 Å². The van der Waals surface area contributed by atoms with E-state index in [0.717, 1.165) is 5.02 Å². The molecule has 1 aromatic rings. The highest BCUT2D eigenvalue weighted by atomic mass is 35.5. The molecule has 110 valence electrons. The minimum Gasteiger partial charge on any atom is -0.284 e. The zero-order chi connectivity index (χ0) is 13.8. The van der Waals surface area contributed by atoms with Gasteiger partial charge in [0.25, 0.3) is 0 Å². The molecule has 0 aliphatic carbocycles. The highest BCUT2D eigenvalue weighted by Crippen LogP contribution is 2.34. The first-order chi connectivity index (χ1) is 9.86. The summed E-state index contributed by atoms with van der Waals surface area (Å²) in [5, 5.41) is 0.925. The van der Waals surface area contributed by atoms with Crippen LogP contribution in [0.4, 0.5) is 0 Å². The van der Waals surface area contributed by atoms with Crippen molar-refractivity contribution in [2.75, 3.05) is 26.2 Å². The third kappa shape index (κ3) is 3.19. The van der Waals surface area contributed by atoms with Gasteiger partial charge in [0, 0.05) is 10.6 Å². The molecule has 0 radical (unpaired) electrons. The molecule has 0 spiro atoms. The zero-order valence-corrected chi connectivity index (χ0v) is 13.0. The van der Waals surface area contributed by atoms with Gasteiger partial charge in [-0.25, -0.2) is 0 Å². The van der Waals surface area contributed by atoms with Crippen molar-refractivity contribution in [2.24, 2.45) is 0 Å². The van der Waals surface area contributed by atoms with Gasteiger partial charge in [-0.15, -0.1) is 0 Å². The molecule has 0 N–H and O–H groups in total. The second-order valence-corrected chi connectivity index (χ2v) is 6.50. The average molecular weight is 293 g/mol. The first kappa shape index (κ1) is 14.4. The summed E-state index contributed by atoms with van der Waals surface area (Å²) in [4.78, 5) is 5.30. The molecule has 0 unspecified atom stereocenters. The molecule has 2 fully saturated rings. The molecule has 2 heterocycles. The summed E-state index contributed by atoms with van der Waals surface area (Å²) in [6, 6.07) is 8.42. The molecule has 1 aromatic carbocycles. The van der Waals surface area contributed by atoms with Gasteiger partial charge in [-0.05, 0) is 57.9 Å². The summed E-state index contributed by atoms with van der Waals surface area (Å²) < 4.78 is 0. The van der Waals surface area contributed by atoms with Gasteiger partial charge in [0.05, 0.1) is 6.17 Å². The lowest BCUT2D eigenvalue weighted by molar-refractivity contribution is 0.0157. The fourth-order valence-electron chi connectivity index (χ4n) is 3.63. The van der Waals surface area contributed by atoms with Crippen molar-refractivity contribution < 1.29 is 0 Å². The van der Waals surface area contributed by atoms with E-state index in [1.54, 1.807) is 0 Å². The minimum absolute atomic E-state index is 0.393. The number of nitrogens with zero attached hydrogens (tertiary/aromatic N) is 2. The van der Waals surface area contributed by atoms with Gasteiger partial charge >= 0.3 is 0 Å². The maximum atomic E-state index is 6.50. The number of rotatable bonds is 3. The third-order valence-corrected chi connectivity index (χ3v) is 5.00. The van der Waals surface area contributed by atoms with Crippen LogP contribution in [0.2, 0.25) is 5.02 Å². The van der Waals surface area contributed by atoms with E-state index in [0.29, 0.717) is 6.17 Å². The summed E-state index contributed by atoms with van der Waals surface area (Å²) in [5.41, 5.74) is 1.30. The Morgan fingerprint density at radius 3 is 1.75 bits per heavy atom. The molecule has 0 amide bonds. The fraction of sp³-hybridized carbons (Fsp3) is 0.647. The van der Waals surface area contributed by atoms with Crippen LogP contribution in [0.5, 0.6) is 0 Å². The maximum Gasteiger partial charge on any atom is 0.0900 e. The van der Waals surface area contributed by atoms with Gasteiger partial charge < -0.3 is 0 Å².